The molecular weight excluding hydrogens is 482 g/mol. The van der Waals surface area contributed by atoms with Crippen molar-refractivity contribution in [1.29, 1.82) is 0 Å². The summed E-state index contributed by atoms with van der Waals surface area (Å²) in [5.41, 5.74) is 3.17. The SMILES string of the molecule is CCCOc1ccc(C(=O)Oc2ccc(/C=N\NC(=O)COc3ccc([N+](=O)[O-])cc3)cc2OC)cc1. The first kappa shape index (κ1) is 26.7. The molecule has 1 amide bonds. The van der Waals surface area contributed by atoms with Crippen LogP contribution < -0.4 is 24.4 Å². The number of non-ortho nitro benzene ring substituents is 1. The Hall–Kier alpha value is -4.93. The maximum absolute atomic E-state index is 12.5. The van der Waals surface area contributed by atoms with E-state index < -0.39 is 16.8 Å². The van der Waals surface area contributed by atoms with Gasteiger partial charge >= 0.3 is 5.97 Å². The summed E-state index contributed by atoms with van der Waals surface area (Å²) >= 11 is 0. The molecule has 37 heavy (non-hydrogen) atoms. The van der Waals surface area contributed by atoms with Crippen LogP contribution in [0.1, 0.15) is 29.3 Å². The van der Waals surface area contributed by atoms with E-state index in [9.17, 15) is 19.7 Å². The van der Waals surface area contributed by atoms with E-state index in [-0.39, 0.29) is 18.0 Å². The monoisotopic (exact) mass is 507 g/mol. The average Bonchev–Trinajstić information content (AvgIpc) is 2.91. The number of hydrogen-bond acceptors (Lipinski definition) is 9. The third-order valence-corrected chi connectivity index (χ3v) is 4.77. The Bertz CT molecular complexity index is 1260. The fourth-order valence-corrected chi connectivity index (χ4v) is 2.94. The molecule has 3 aromatic carbocycles. The average molecular weight is 507 g/mol. The molecule has 192 valence electrons. The molecule has 3 rings (SSSR count). The second kappa shape index (κ2) is 13.2. The molecule has 0 aromatic heterocycles. The van der Waals surface area contributed by atoms with E-state index in [0.29, 0.717) is 35.0 Å². The van der Waals surface area contributed by atoms with Crippen molar-refractivity contribution in [2.45, 2.75) is 13.3 Å². The largest absolute Gasteiger partial charge is 0.494 e. The van der Waals surface area contributed by atoms with Crippen LogP contribution in [0.2, 0.25) is 0 Å². The molecule has 1 N–H and O–H groups in total. The number of nitro groups is 1. The quantitative estimate of drug-likeness (QED) is 0.127. The first-order valence-electron chi connectivity index (χ1n) is 11.2. The lowest BCUT2D eigenvalue weighted by Crippen LogP contribution is -2.24. The maximum Gasteiger partial charge on any atom is 0.343 e. The van der Waals surface area contributed by atoms with E-state index in [4.69, 9.17) is 18.9 Å². The van der Waals surface area contributed by atoms with E-state index in [1.165, 1.54) is 37.6 Å². The first-order valence-corrected chi connectivity index (χ1v) is 11.2. The van der Waals surface area contributed by atoms with Crippen molar-refractivity contribution in [2.24, 2.45) is 5.10 Å². The smallest absolute Gasteiger partial charge is 0.343 e. The molecule has 0 unspecified atom stereocenters. The molecule has 0 atom stereocenters. The van der Waals surface area contributed by atoms with E-state index in [1.54, 1.807) is 42.5 Å². The fourth-order valence-electron chi connectivity index (χ4n) is 2.94. The highest BCUT2D eigenvalue weighted by Gasteiger charge is 2.13. The topological polar surface area (TPSA) is 139 Å². The Morgan fingerprint density at radius 1 is 0.973 bits per heavy atom. The van der Waals surface area contributed by atoms with Gasteiger partial charge < -0.3 is 18.9 Å². The van der Waals surface area contributed by atoms with E-state index in [1.807, 2.05) is 6.92 Å². The van der Waals surface area contributed by atoms with Gasteiger partial charge in [0.05, 0.1) is 30.4 Å². The highest BCUT2D eigenvalue weighted by molar-refractivity contribution is 5.92. The summed E-state index contributed by atoms with van der Waals surface area (Å²) in [5.74, 6) is 0.412. The molecule has 0 bridgehead atoms. The number of ether oxygens (including phenoxy) is 4. The number of benzene rings is 3. The minimum atomic E-state index is -0.554. The molecule has 0 fully saturated rings. The Morgan fingerprint density at radius 3 is 2.30 bits per heavy atom. The van der Waals surface area contributed by atoms with Gasteiger partial charge in [0.25, 0.3) is 11.6 Å². The van der Waals surface area contributed by atoms with Crippen LogP contribution in [0.4, 0.5) is 5.69 Å². The molecule has 0 aliphatic rings. The summed E-state index contributed by atoms with van der Waals surface area (Å²) < 4.78 is 21.6. The molecule has 11 heteroatoms. The lowest BCUT2D eigenvalue weighted by atomic mass is 10.2. The molecule has 0 heterocycles. The van der Waals surface area contributed by atoms with Gasteiger partial charge in [-0.1, -0.05) is 6.92 Å². The molecule has 0 saturated heterocycles. The fraction of sp³-hybridized carbons (Fsp3) is 0.192. The number of nitrogens with one attached hydrogen (secondary N) is 1. The van der Waals surface area contributed by atoms with Crippen LogP contribution in [0.15, 0.2) is 71.8 Å². The minimum absolute atomic E-state index is 0.0795. The highest BCUT2D eigenvalue weighted by Crippen LogP contribution is 2.28. The van der Waals surface area contributed by atoms with Crippen LogP contribution in [0.3, 0.4) is 0 Å². The summed E-state index contributed by atoms with van der Waals surface area (Å²) in [6.07, 6.45) is 2.27. The van der Waals surface area contributed by atoms with E-state index in [0.717, 1.165) is 6.42 Å². The molecule has 0 aliphatic heterocycles. The zero-order valence-corrected chi connectivity index (χ0v) is 20.2. The Morgan fingerprint density at radius 2 is 1.65 bits per heavy atom. The summed E-state index contributed by atoms with van der Waals surface area (Å²) in [6, 6.07) is 16.8. The van der Waals surface area contributed by atoms with Crippen molar-refractivity contribution >= 4 is 23.8 Å². The van der Waals surface area contributed by atoms with Crippen LogP contribution in [-0.2, 0) is 4.79 Å². The Labute approximate surface area is 212 Å². The number of hydrazone groups is 1. The molecule has 11 nitrogen and oxygen atoms in total. The van der Waals surface area contributed by atoms with Gasteiger partial charge in [0, 0.05) is 12.1 Å². The van der Waals surface area contributed by atoms with Crippen molar-refractivity contribution in [2.75, 3.05) is 20.3 Å². The summed E-state index contributed by atoms with van der Waals surface area (Å²) in [7, 11) is 1.44. The van der Waals surface area contributed by atoms with Gasteiger partial charge in [-0.3, -0.25) is 14.9 Å². The summed E-state index contributed by atoms with van der Waals surface area (Å²) in [6.45, 7) is 2.27. The van der Waals surface area contributed by atoms with Crippen molar-refractivity contribution in [1.82, 2.24) is 5.43 Å². The van der Waals surface area contributed by atoms with Gasteiger partial charge in [0.15, 0.2) is 18.1 Å². The van der Waals surface area contributed by atoms with E-state index >= 15 is 0 Å². The third-order valence-electron chi connectivity index (χ3n) is 4.77. The summed E-state index contributed by atoms with van der Waals surface area (Å²) in [4.78, 5) is 34.6. The maximum atomic E-state index is 12.5. The zero-order chi connectivity index (χ0) is 26.6. The minimum Gasteiger partial charge on any atom is -0.494 e. The van der Waals surface area contributed by atoms with Crippen molar-refractivity contribution < 1.29 is 33.5 Å². The number of esters is 1. The van der Waals surface area contributed by atoms with Gasteiger partial charge in [0.2, 0.25) is 0 Å². The van der Waals surface area contributed by atoms with Gasteiger partial charge in [-0.05, 0) is 66.6 Å². The van der Waals surface area contributed by atoms with Crippen molar-refractivity contribution in [3.05, 3.63) is 88.0 Å². The van der Waals surface area contributed by atoms with Gasteiger partial charge in [-0.25, -0.2) is 10.2 Å². The molecule has 0 spiro atoms. The molecule has 0 saturated carbocycles. The number of amides is 1. The van der Waals surface area contributed by atoms with E-state index in [2.05, 4.69) is 10.5 Å². The second-order valence-corrected chi connectivity index (χ2v) is 7.51. The van der Waals surface area contributed by atoms with Crippen molar-refractivity contribution in [3.63, 3.8) is 0 Å². The lowest BCUT2D eigenvalue weighted by Gasteiger charge is -2.10. The number of carbonyl (C=O) groups excluding carboxylic acids is 2. The van der Waals surface area contributed by atoms with Gasteiger partial charge in [-0.15, -0.1) is 0 Å². The predicted octanol–water partition coefficient (Wildman–Crippen LogP) is 4.14. The highest BCUT2D eigenvalue weighted by atomic mass is 16.6. The standard InChI is InChI=1S/C26H25N3O8/c1-3-14-35-21-9-5-19(6-10-21)26(31)37-23-13-4-18(15-24(23)34-2)16-27-28-25(30)17-36-22-11-7-20(8-12-22)29(32)33/h4-13,15-16H,3,14,17H2,1-2H3,(H,28,30)/b27-16-. The van der Waals surface area contributed by atoms with Gasteiger partial charge in [-0.2, -0.15) is 5.10 Å². The summed E-state index contributed by atoms with van der Waals surface area (Å²) in [5, 5.41) is 14.5. The third kappa shape index (κ3) is 8.06. The number of hydrogen-bond donors (Lipinski definition) is 1. The van der Waals surface area contributed by atoms with Crippen LogP contribution in [0.5, 0.6) is 23.0 Å². The molecule has 0 radical (unpaired) electrons. The predicted molar refractivity (Wildman–Crippen MR) is 135 cm³/mol. The van der Waals surface area contributed by atoms with Crippen molar-refractivity contribution in [3.8, 4) is 23.0 Å². The van der Waals surface area contributed by atoms with Crippen LogP contribution in [0, 0.1) is 10.1 Å². The Kier molecular flexibility index (Phi) is 9.54. The number of nitro benzene ring substituents is 1. The van der Waals surface area contributed by atoms with Crippen LogP contribution >= 0.6 is 0 Å². The number of methoxy groups -OCH3 is 1. The number of nitrogens with zero attached hydrogens (tertiary/aromatic N) is 2. The molecule has 3 aromatic rings. The zero-order valence-electron chi connectivity index (χ0n) is 20.2. The normalized spacial score (nSPS) is 10.5. The number of carbonyl (C=O) groups is 2. The molecular formula is C26H25N3O8. The Balaban J connectivity index is 1.52. The second-order valence-electron chi connectivity index (χ2n) is 7.51. The first-order chi connectivity index (χ1) is 17.9. The molecule has 0 aliphatic carbocycles. The lowest BCUT2D eigenvalue weighted by molar-refractivity contribution is -0.384. The van der Waals surface area contributed by atoms with Gasteiger partial charge in [0.1, 0.15) is 11.5 Å². The van der Waals surface area contributed by atoms with Crippen LogP contribution in [-0.4, -0.2) is 43.3 Å². The van der Waals surface area contributed by atoms with Crippen LogP contribution in [0.25, 0.3) is 0 Å². The number of rotatable bonds is 12.